The lowest BCUT2D eigenvalue weighted by molar-refractivity contribution is 0.145. The molecular weight excluding hydrogens is 429 g/mol. The van der Waals surface area contributed by atoms with Gasteiger partial charge >= 0.3 is 0 Å². The summed E-state index contributed by atoms with van der Waals surface area (Å²) in [6, 6.07) is 4.17. The number of guanidine groups is 1. The van der Waals surface area contributed by atoms with Crippen LogP contribution in [0.2, 0.25) is 0 Å². The molecule has 6 nitrogen and oxygen atoms in total. The average molecular weight is 463 g/mol. The van der Waals surface area contributed by atoms with Crippen LogP contribution in [0.3, 0.4) is 0 Å². The second-order valence-corrected chi connectivity index (χ2v) is 5.37. The Balaban J connectivity index is 0.00000576. The first-order chi connectivity index (χ1) is 11.7. The summed E-state index contributed by atoms with van der Waals surface area (Å²) in [6.45, 7) is 14.2. The number of nitrogens with zero attached hydrogens (tertiary/aromatic N) is 3. The first kappa shape index (κ1) is 23.9. The van der Waals surface area contributed by atoms with Gasteiger partial charge < -0.3 is 20.3 Å². The third-order valence-corrected chi connectivity index (χ3v) is 3.62. The Hall–Kier alpha value is -1.09. The minimum absolute atomic E-state index is 0. The van der Waals surface area contributed by atoms with Crippen molar-refractivity contribution >= 4 is 35.8 Å². The van der Waals surface area contributed by atoms with E-state index in [2.05, 4.69) is 58.4 Å². The van der Waals surface area contributed by atoms with Gasteiger partial charge in [-0.2, -0.15) is 0 Å². The van der Waals surface area contributed by atoms with E-state index in [9.17, 15) is 0 Å². The van der Waals surface area contributed by atoms with E-state index in [1.54, 1.807) is 0 Å². The zero-order valence-corrected chi connectivity index (χ0v) is 18.4. The SMILES string of the molecule is CCNC(=NCc1ccc(N(CC)CC)nc1)NCCCOCC.I. The van der Waals surface area contributed by atoms with Gasteiger partial charge in [-0.05, 0) is 45.7 Å². The number of aromatic nitrogens is 1. The summed E-state index contributed by atoms with van der Waals surface area (Å²) in [5, 5.41) is 6.59. The van der Waals surface area contributed by atoms with E-state index in [0.717, 1.165) is 63.2 Å². The molecule has 1 aromatic rings. The lowest BCUT2D eigenvalue weighted by Crippen LogP contribution is -2.38. The summed E-state index contributed by atoms with van der Waals surface area (Å²) in [6.07, 6.45) is 2.88. The van der Waals surface area contributed by atoms with Crippen molar-refractivity contribution in [2.75, 3.05) is 44.3 Å². The maximum Gasteiger partial charge on any atom is 0.191 e. The highest BCUT2D eigenvalue weighted by Crippen LogP contribution is 2.11. The van der Waals surface area contributed by atoms with Gasteiger partial charge in [0.25, 0.3) is 0 Å². The Morgan fingerprint density at radius 3 is 2.48 bits per heavy atom. The van der Waals surface area contributed by atoms with Crippen molar-refractivity contribution in [3.8, 4) is 0 Å². The molecule has 0 amide bonds. The normalized spacial score (nSPS) is 11.0. The van der Waals surface area contributed by atoms with Crippen molar-refractivity contribution < 1.29 is 4.74 Å². The molecule has 144 valence electrons. The molecule has 0 bridgehead atoms. The fraction of sp³-hybridized carbons (Fsp3) is 0.667. The number of anilines is 1. The van der Waals surface area contributed by atoms with E-state index < -0.39 is 0 Å². The molecule has 25 heavy (non-hydrogen) atoms. The Morgan fingerprint density at radius 1 is 1.16 bits per heavy atom. The van der Waals surface area contributed by atoms with Gasteiger partial charge in [-0.3, -0.25) is 0 Å². The molecule has 0 fully saturated rings. The monoisotopic (exact) mass is 463 g/mol. The Morgan fingerprint density at radius 2 is 1.92 bits per heavy atom. The van der Waals surface area contributed by atoms with Crippen LogP contribution in [-0.2, 0) is 11.3 Å². The van der Waals surface area contributed by atoms with Crippen LogP contribution in [0.15, 0.2) is 23.3 Å². The third kappa shape index (κ3) is 9.84. The summed E-state index contributed by atoms with van der Waals surface area (Å²) in [7, 11) is 0. The quantitative estimate of drug-likeness (QED) is 0.229. The van der Waals surface area contributed by atoms with Crippen LogP contribution in [0.1, 0.15) is 39.7 Å². The highest BCUT2D eigenvalue weighted by atomic mass is 127. The first-order valence-electron chi connectivity index (χ1n) is 9.04. The standard InChI is InChI=1S/C18H33N5O.HI/c1-5-19-18(20-12-9-13-24-8-4)22-15-16-10-11-17(21-14-16)23(6-2)7-3;/h10-11,14H,5-9,12-13,15H2,1-4H3,(H2,19,20,22);1H. The Bertz CT molecular complexity index is 463. The Kier molecular flexibility index (Phi) is 14.5. The predicted octanol–water partition coefficient (Wildman–Crippen LogP) is 3.03. The van der Waals surface area contributed by atoms with Crippen molar-refractivity contribution in [3.63, 3.8) is 0 Å². The lowest BCUT2D eigenvalue weighted by atomic mass is 10.3. The molecule has 0 aliphatic rings. The van der Waals surface area contributed by atoms with Crippen LogP contribution in [0, 0.1) is 0 Å². The van der Waals surface area contributed by atoms with E-state index in [0.29, 0.717) is 6.54 Å². The van der Waals surface area contributed by atoms with Gasteiger partial charge in [0.2, 0.25) is 0 Å². The summed E-state index contributed by atoms with van der Waals surface area (Å²) < 4.78 is 5.34. The van der Waals surface area contributed by atoms with Gasteiger partial charge in [0.15, 0.2) is 5.96 Å². The highest BCUT2D eigenvalue weighted by molar-refractivity contribution is 14.0. The summed E-state index contributed by atoms with van der Waals surface area (Å²) in [4.78, 5) is 11.4. The number of hydrogen-bond donors (Lipinski definition) is 2. The molecule has 0 unspecified atom stereocenters. The van der Waals surface area contributed by atoms with E-state index in [4.69, 9.17) is 4.74 Å². The number of hydrogen-bond acceptors (Lipinski definition) is 4. The summed E-state index contributed by atoms with van der Waals surface area (Å²) in [5.74, 6) is 1.86. The Labute approximate surface area is 169 Å². The number of ether oxygens (including phenoxy) is 1. The fourth-order valence-corrected chi connectivity index (χ4v) is 2.28. The van der Waals surface area contributed by atoms with Gasteiger partial charge in [-0.15, -0.1) is 24.0 Å². The topological polar surface area (TPSA) is 61.8 Å². The van der Waals surface area contributed by atoms with Crippen molar-refractivity contribution in [2.45, 2.75) is 40.7 Å². The van der Waals surface area contributed by atoms with Gasteiger partial charge in [-0.25, -0.2) is 9.98 Å². The van der Waals surface area contributed by atoms with Crippen molar-refractivity contribution in [1.82, 2.24) is 15.6 Å². The average Bonchev–Trinajstić information content (AvgIpc) is 2.61. The van der Waals surface area contributed by atoms with Crippen LogP contribution in [-0.4, -0.2) is 50.3 Å². The summed E-state index contributed by atoms with van der Waals surface area (Å²) in [5.41, 5.74) is 1.11. The van der Waals surface area contributed by atoms with E-state index in [1.165, 1.54) is 0 Å². The molecule has 1 aromatic heterocycles. The van der Waals surface area contributed by atoms with Crippen LogP contribution in [0.4, 0.5) is 5.82 Å². The molecule has 1 heterocycles. The lowest BCUT2D eigenvalue weighted by Gasteiger charge is -2.19. The molecule has 0 spiro atoms. The number of halogens is 1. The molecule has 0 atom stereocenters. The highest BCUT2D eigenvalue weighted by Gasteiger charge is 2.03. The molecule has 0 aromatic carbocycles. The van der Waals surface area contributed by atoms with E-state index >= 15 is 0 Å². The minimum Gasteiger partial charge on any atom is -0.382 e. The number of pyridine rings is 1. The predicted molar refractivity (Wildman–Crippen MR) is 117 cm³/mol. The smallest absolute Gasteiger partial charge is 0.191 e. The second-order valence-electron chi connectivity index (χ2n) is 5.37. The number of nitrogens with one attached hydrogen (secondary N) is 2. The van der Waals surface area contributed by atoms with Crippen molar-refractivity contribution in [3.05, 3.63) is 23.9 Å². The number of aliphatic imine (C=N–C) groups is 1. The van der Waals surface area contributed by atoms with Crippen LogP contribution in [0.5, 0.6) is 0 Å². The largest absolute Gasteiger partial charge is 0.382 e. The molecule has 0 saturated carbocycles. The van der Waals surface area contributed by atoms with E-state index in [1.807, 2.05) is 13.1 Å². The van der Waals surface area contributed by atoms with E-state index in [-0.39, 0.29) is 24.0 Å². The van der Waals surface area contributed by atoms with Crippen LogP contribution in [0.25, 0.3) is 0 Å². The van der Waals surface area contributed by atoms with Crippen molar-refractivity contribution in [1.29, 1.82) is 0 Å². The van der Waals surface area contributed by atoms with Gasteiger partial charge in [-0.1, -0.05) is 6.07 Å². The molecule has 0 saturated heterocycles. The molecule has 1 rings (SSSR count). The molecule has 2 N–H and O–H groups in total. The molecule has 0 aliphatic heterocycles. The third-order valence-electron chi connectivity index (χ3n) is 3.62. The van der Waals surface area contributed by atoms with Gasteiger partial charge in [0.1, 0.15) is 5.82 Å². The molecule has 0 radical (unpaired) electrons. The molecule has 0 aliphatic carbocycles. The number of rotatable bonds is 11. The maximum absolute atomic E-state index is 5.34. The second kappa shape index (κ2) is 15.2. The zero-order valence-electron chi connectivity index (χ0n) is 16.0. The van der Waals surface area contributed by atoms with Gasteiger partial charge in [0, 0.05) is 45.6 Å². The maximum atomic E-state index is 5.34. The minimum atomic E-state index is 0. The first-order valence-corrected chi connectivity index (χ1v) is 9.04. The molecule has 7 heteroatoms. The summed E-state index contributed by atoms with van der Waals surface area (Å²) >= 11 is 0. The van der Waals surface area contributed by atoms with Crippen LogP contribution >= 0.6 is 24.0 Å². The van der Waals surface area contributed by atoms with Gasteiger partial charge in [0.05, 0.1) is 6.54 Å². The molecular formula is C18H34IN5O. The van der Waals surface area contributed by atoms with Crippen LogP contribution < -0.4 is 15.5 Å². The van der Waals surface area contributed by atoms with Crippen molar-refractivity contribution in [2.24, 2.45) is 4.99 Å². The fourth-order valence-electron chi connectivity index (χ4n) is 2.28. The zero-order chi connectivity index (χ0) is 17.6.